The molecule has 0 bridgehead atoms. The van der Waals surface area contributed by atoms with Gasteiger partial charge in [-0.2, -0.15) is 0 Å². The van der Waals surface area contributed by atoms with Gasteiger partial charge in [0.15, 0.2) is 0 Å². The van der Waals surface area contributed by atoms with E-state index in [0.29, 0.717) is 18.0 Å². The molecule has 134 valence electrons. The number of benzene rings is 1. The van der Waals surface area contributed by atoms with Crippen molar-refractivity contribution in [3.8, 4) is 0 Å². The first-order valence-electron chi connectivity index (χ1n) is 7.98. The van der Waals surface area contributed by atoms with Gasteiger partial charge in [-0.05, 0) is 23.6 Å². The number of ether oxygens (including phenoxy) is 2. The summed E-state index contributed by atoms with van der Waals surface area (Å²) >= 11 is 0. The van der Waals surface area contributed by atoms with E-state index in [4.69, 9.17) is 9.47 Å². The van der Waals surface area contributed by atoms with Gasteiger partial charge in [0, 0.05) is 18.9 Å². The van der Waals surface area contributed by atoms with Crippen LogP contribution in [0.4, 0.5) is 4.39 Å². The lowest BCUT2D eigenvalue weighted by Crippen LogP contribution is -2.30. The van der Waals surface area contributed by atoms with Crippen LogP contribution in [-0.2, 0) is 19.1 Å². The van der Waals surface area contributed by atoms with E-state index in [2.05, 4.69) is 0 Å². The minimum Gasteiger partial charge on any atom is -0.466 e. The van der Waals surface area contributed by atoms with Crippen LogP contribution < -0.4 is 0 Å². The molecule has 0 radical (unpaired) electrons. The number of esters is 2. The van der Waals surface area contributed by atoms with Crippen LogP contribution in [0.25, 0.3) is 0 Å². The van der Waals surface area contributed by atoms with Crippen molar-refractivity contribution in [3.63, 3.8) is 0 Å². The molecular formula is C19H22FNO4. The van der Waals surface area contributed by atoms with Crippen LogP contribution in [0.3, 0.4) is 0 Å². The number of halogens is 1. The summed E-state index contributed by atoms with van der Waals surface area (Å²) in [6.45, 7) is 4.66. The molecule has 0 amide bonds. The van der Waals surface area contributed by atoms with E-state index in [0.717, 1.165) is 0 Å². The summed E-state index contributed by atoms with van der Waals surface area (Å²) in [4.78, 5) is 26.4. The summed E-state index contributed by atoms with van der Waals surface area (Å²) < 4.78 is 23.5. The Hall–Kier alpha value is -2.63. The molecule has 0 unspecified atom stereocenters. The molecule has 6 heteroatoms. The van der Waals surface area contributed by atoms with E-state index >= 15 is 0 Å². The van der Waals surface area contributed by atoms with Gasteiger partial charge in [-0.25, -0.2) is 14.0 Å². The molecule has 0 aromatic heterocycles. The first-order chi connectivity index (χ1) is 11.9. The van der Waals surface area contributed by atoms with Gasteiger partial charge >= 0.3 is 11.9 Å². The van der Waals surface area contributed by atoms with E-state index in [1.807, 2.05) is 13.8 Å². The predicted octanol–water partition coefficient (Wildman–Crippen LogP) is 2.99. The molecule has 0 spiro atoms. The van der Waals surface area contributed by atoms with Crippen LogP contribution in [0.1, 0.15) is 25.3 Å². The summed E-state index contributed by atoms with van der Waals surface area (Å²) in [5, 5.41) is 0. The number of carbonyl (C=O) groups is 2. The van der Waals surface area contributed by atoms with Crippen molar-refractivity contribution in [1.29, 1.82) is 0 Å². The fraction of sp³-hybridized carbons (Fsp3) is 0.368. The van der Waals surface area contributed by atoms with Crippen LogP contribution in [0.2, 0.25) is 0 Å². The van der Waals surface area contributed by atoms with Crippen molar-refractivity contribution in [2.24, 2.45) is 5.92 Å². The van der Waals surface area contributed by atoms with Gasteiger partial charge in [-0.1, -0.05) is 26.0 Å². The normalized spacial score (nSPS) is 14.9. The molecule has 0 saturated heterocycles. The summed E-state index contributed by atoms with van der Waals surface area (Å²) in [7, 11) is 2.55. The highest BCUT2D eigenvalue weighted by Gasteiger charge is 2.35. The molecule has 0 saturated carbocycles. The van der Waals surface area contributed by atoms with E-state index < -0.39 is 23.7 Å². The van der Waals surface area contributed by atoms with Crippen molar-refractivity contribution < 1.29 is 23.5 Å². The van der Waals surface area contributed by atoms with Crippen LogP contribution in [-0.4, -0.2) is 37.6 Å². The number of methoxy groups -OCH3 is 2. The SMILES string of the molecule is COC(=O)C1=CN(CC(C)C)C=C(C(=O)OC)C1c1cccc(F)c1. The first-order valence-corrected chi connectivity index (χ1v) is 7.98. The lowest BCUT2D eigenvalue weighted by molar-refractivity contribution is -0.137. The maximum atomic E-state index is 13.7. The van der Waals surface area contributed by atoms with Gasteiger partial charge < -0.3 is 14.4 Å². The molecular weight excluding hydrogens is 325 g/mol. The summed E-state index contributed by atoms with van der Waals surface area (Å²) in [5.41, 5.74) is 1.01. The van der Waals surface area contributed by atoms with Gasteiger partial charge in [0.2, 0.25) is 0 Å². The largest absolute Gasteiger partial charge is 0.466 e. The Morgan fingerprint density at radius 3 is 2.12 bits per heavy atom. The molecule has 0 aliphatic carbocycles. The summed E-state index contributed by atoms with van der Waals surface area (Å²) in [6, 6.07) is 5.81. The van der Waals surface area contributed by atoms with Crippen molar-refractivity contribution >= 4 is 11.9 Å². The Morgan fingerprint density at radius 2 is 1.68 bits per heavy atom. The number of hydrogen-bond acceptors (Lipinski definition) is 5. The second-order valence-electron chi connectivity index (χ2n) is 6.23. The van der Waals surface area contributed by atoms with Gasteiger partial charge in [0.05, 0.1) is 31.3 Å². The highest BCUT2D eigenvalue weighted by atomic mass is 19.1. The lowest BCUT2D eigenvalue weighted by atomic mass is 9.83. The molecule has 2 rings (SSSR count). The third-order valence-corrected chi connectivity index (χ3v) is 3.83. The van der Waals surface area contributed by atoms with Crippen molar-refractivity contribution in [2.45, 2.75) is 19.8 Å². The monoisotopic (exact) mass is 347 g/mol. The molecule has 1 aromatic carbocycles. The van der Waals surface area contributed by atoms with Crippen LogP contribution in [0, 0.1) is 11.7 Å². The van der Waals surface area contributed by atoms with Crippen LogP contribution in [0.5, 0.6) is 0 Å². The Morgan fingerprint density at radius 1 is 1.12 bits per heavy atom. The molecule has 0 atom stereocenters. The highest BCUT2D eigenvalue weighted by molar-refractivity contribution is 5.98. The second kappa shape index (κ2) is 7.96. The van der Waals surface area contributed by atoms with E-state index in [1.54, 1.807) is 23.4 Å². The van der Waals surface area contributed by atoms with E-state index in [9.17, 15) is 14.0 Å². The number of carbonyl (C=O) groups excluding carboxylic acids is 2. The number of rotatable bonds is 5. The maximum Gasteiger partial charge on any atom is 0.336 e. The van der Waals surface area contributed by atoms with E-state index in [-0.39, 0.29) is 11.1 Å². The Labute approximate surface area is 146 Å². The third-order valence-electron chi connectivity index (χ3n) is 3.83. The molecule has 0 fully saturated rings. The molecule has 1 aromatic rings. The van der Waals surface area contributed by atoms with E-state index in [1.165, 1.54) is 32.4 Å². The van der Waals surface area contributed by atoms with Crippen molar-refractivity contribution in [3.05, 3.63) is 59.2 Å². The summed E-state index contributed by atoms with van der Waals surface area (Å²) in [6.07, 6.45) is 3.29. The second-order valence-corrected chi connectivity index (χ2v) is 6.23. The number of hydrogen-bond donors (Lipinski definition) is 0. The minimum atomic E-state index is -0.751. The van der Waals surface area contributed by atoms with Gasteiger partial charge in [-0.15, -0.1) is 0 Å². The average molecular weight is 347 g/mol. The Kier molecular flexibility index (Phi) is 5.96. The molecule has 1 aliphatic heterocycles. The van der Waals surface area contributed by atoms with Gasteiger partial charge in [-0.3, -0.25) is 0 Å². The van der Waals surface area contributed by atoms with Gasteiger partial charge in [0.25, 0.3) is 0 Å². The molecule has 5 nitrogen and oxygen atoms in total. The van der Waals surface area contributed by atoms with Crippen LogP contribution >= 0.6 is 0 Å². The minimum absolute atomic E-state index is 0.261. The Bertz CT molecular complexity index is 690. The fourth-order valence-electron chi connectivity index (χ4n) is 2.86. The zero-order chi connectivity index (χ0) is 18.6. The van der Waals surface area contributed by atoms with Gasteiger partial charge in [0.1, 0.15) is 5.82 Å². The standard InChI is InChI=1S/C19H22FNO4/c1-12(2)9-21-10-15(18(22)24-3)17(16(11-21)19(23)25-4)13-6-5-7-14(20)8-13/h5-8,10-12,17H,9H2,1-4H3. The quantitative estimate of drug-likeness (QED) is 0.767. The third kappa shape index (κ3) is 4.26. The number of nitrogens with zero attached hydrogens (tertiary/aromatic N) is 1. The topological polar surface area (TPSA) is 55.8 Å². The predicted molar refractivity (Wildman–Crippen MR) is 90.9 cm³/mol. The van der Waals surface area contributed by atoms with Crippen LogP contribution in [0.15, 0.2) is 47.8 Å². The summed E-state index contributed by atoms with van der Waals surface area (Å²) in [5.74, 6) is -2.04. The molecule has 1 aliphatic rings. The fourth-order valence-corrected chi connectivity index (χ4v) is 2.86. The average Bonchev–Trinajstić information content (AvgIpc) is 2.59. The Balaban J connectivity index is 2.58. The van der Waals surface area contributed by atoms with Crippen molar-refractivity contribution in [1.82, 2.24) is 4.90 Å². The van der Waals surface area contributed by atoms with Crippen molar-refractivity contribution in [2.75, 3.05) is 20.8 Å². The molecule has 25 heavy (non-hydrogen) atoms. The zero-order valence-electron chi connectivity index (χ0n) is 14.8. The first kappa shape index (κ1) is 18.7. The lowest BCUT2D eigenvalue weighted by Gasteiger charge is -2.30. The maximum absolute atomic E-state index is 13.7. The smallest absolute Gasteiger partial charge is 0.336 e. The molecule has 0 N–H and O–H groups in total. The molecule has 1 heterocycles. The highest BCUT2D eigenvalue weighted by Crippen LogP contribution is 2.37. The zero-order valence-corrected chi connectivity index (χ0v) is 14.8.